The van der Waals surface area contributed by atoms with Crippen LogP contribution >= 0.6 is 0 Å². The van der Waals surface area contributed by atoms with Gasteiger partial charge in [-0.1, -0.05) is 6.08 Å². The Morgan fingerprint density at radius 1 is 1.38 bits per heavy atom. The summed E-state index contributed by atoms with van der Waals surface area (Å²) in [7, 11) is 3.03. The van der Waals surface area contributed by atoms with Crippen LogP contribution in [0.1, 0.15) is 36.4 Å². The molecule has 1 N–H and O–H groups in total. The van der Waals surface area contributed by atoms with E-state index in [1.807, 2.05) is 6.07 Å². The Balaban J connectivity index is 1.91. The highest BCUT2D eigenvalue weighted by molar-refractivity contribution is 5.83. The molecule has 4 rings (SSSR count). The number of phenols is 1. The number of nitrogens with zero attached hydrogens (tertiary/aromatic N) is 1. The van der Waals surface area contributed by atoms with E-state index in [0.717, 1.165) is 49.9 Å². The molecule has 24 heavy (non-hydrogen) atoms. The molecule has 1 saturated heterocycles. The van der Waals surface area contributed by atoms with Crippen LogP contribution in [0.3, 0.4) is 0 Å². The zero-order chi connectivity index (χ0) is 16.9. The maximum Gasteiger partial charge on any atom is 0.317 e. The highest BCUT2D eigenvalue weighted by Crippen LogP contribution is 2.58. The number of hydrogen-bond acceptors (Lipinski definition) is 5. The zero-order valence-electron chi connectivity index (χ0n) is 14.2. The number of esters is 1. The minimum absolute atomic E-state index is 0.0326. The minimum Gasteiger partial charge on any atom is -0.504 e. The lowest BCUT2D eigenvalue weighted by molar-refractivity contribution is -0.153. The third-order valence-corrected chi connectivity index (χ3v) is 5.90. The van der Waals surface area contributed by atoms with Crippen molar-refractivity contribution >= 4 is 5.97 Å². The topological polar surface area (TPSA) is 59.0 Å². The number of benzene rings is 1. The quantitative estimate of drug-likeness (QED) is 0.667. The monoisotopic (exact) mass is 329 g/mol. The first kappa shape index (κ1) is 15.5. The number of allylic oxidation sites excluding steroid dienone is 1. The van der Waals surface area contributed by atoms with Crippen molar-refractivity contribution in [3.05, 3.63) is 34.9 Å². The lowest BCUT2D eigenvalue weighted by atomic mass is 9.67. The van der Waals surface area contributed by atoms with Gasteiger partial charge < -0.3 is 14.6 Å². The summed E-state index contributed by atoms with van der Waals surface area (Å²) in [5.74, 6) is 0.485. The predicted molar refractivity (Wildman–Crippen MR) is 89.1 cm³/mol. The molecule has 1 aliphatic carbocycles. The molecule has 2 aliphatic heterocycles. The third-order valence-electron chi connectivity index (χ3n) is 5.90. The fourth-order valence-corrected chi connectivity index (χ4v) is 4.86. The van der Waals surface area contributed by atoms with E-state index >= 15 is 0 Å². The van der Waals surface area contributed by atoms with Gasteiger partial charge in [0.2, 0.25) is 0 Å². The molecular formula is C19H23NO4. The highest BCUT2D eigenvalue weighted by atomic mass is 16.5. The van der Waals surface area contributed by atoms with Crippen LogP contribution in [-0.4, -0.2) is 43.3 Å². The predicted octanol–water partition coefficient (Wildman–Crippen LogP) is 2.58. The maximum atomic E-state index is 12.9. The highest BCUT2D eigenvalue weighted by Gasteiger charge is 2.58. The van der Waals surface area contributed by atoms with Gasteiger partial charge in [-0.05, 0) is 54.5 Å². The molecule has 5 nitrogen and oxygen atoms in total. The Kier molecular flexibility index (Phi) is 3.57. The fraction of sp³-hybridized carbons (Fsp3) is 0.526. The standard InChI is InChI=1S/C19H23NO4/c1-23-16-10-14-12(9-15(16)21)6-8-20-11-13-5-3-4-7-19(13,17(14)20)18(22)24-2/h5,9-10,17,21H,3-4,6-8,11H2,1-2H3/t17-,19-/m0/s1. The summed E-state index contributed by atoms with van der Waals surface area (Å²) in [6.07, 6.45) is 5.94. The summed E-state index contributed by atoms with van der Waals surface area (Å²) in [4.78, 5) is 15.3. The van der Waals surface area contributed by atoms with E-state index in [1.54, 1.807) is 13.2 Å². The summed E-state index contributed by atoms with van der Waals surface area (Å²) in [6.45, 7) is 1.71. The maximum absolute atomic E-state index is 12.9. The van der Waals surface area contributed by atoms with Crippen LogP contribution in [0.15, 0.2) is 23.8 Å². The summed E-state index contributed by atoms with van der Waals surface area (Å²) in [5, 5.41) is 10.1. The largest absolute Gasteiger partial charge is 0.504 e. The van der Waals surface area contributed by atoms with Crippen molar-refractivity contribution in [2.45, 2.75) is 31.7 Å². The molecule has 1 fully saturated rings. The van der Waals surface area contributed by atoms with Gasteiger partial charge in [-0.25, -0.2) is 0 Å². The van der Waals surface area contributed by atoms with Gasteiger partial charge in [0.1, 0.15) is 5.41 Å². The number of phenolic OH excluding ortho intramolecular Hbond substituents is 1. The summed E-state index contributed by atoms with van der Waals surface area (Å²) < 4.78 is 10.6. The summed E-state index contributed by atoms with van der Waals surface area (Å²) in [6, 6.07) is 3.67. The van der Waals surface area contributed by atoms with E-state index in [1.165, 1.54) is 12.7 Å². The molecule has 0 amide bonds. The van der Waals surface area contributed by atoms with E-state index in [-0.39, 0.29) is 17.8 Å². The third kappa shape index (κ3) is 1.94. The van der Waals surface area contributed by atoms with Crippen molar-refractivity contribution in [1.29, 1.82) is 0 Å². The first-order valence-electron chi connectivity index (χ1n) is 8.53. The van der Waals surface area contributed by atoms with Crippen LogP contribution in [0.25, 0.3) is 0 Å². The average molecular weight is 329 g/mol. The van der Waals surface area contributed by atoms with Crippen molar-refractivity contribution in [3.8, 4) is 11.5 Å². The SMILES string of the molecule is COC(=O)[C@@]12CCCC=C1CN1CCc3cc(O)c(OC)cc3[C@H]12. The van der Waals surface area contributed by atoms with Crippen molar-refractivity contribution in [2.75, 3.05) is 27.3 Å². The second-order valence-corrected chi connectivity index (χ2v) is 6.93. The van der Waals surface area contributed by atoms with Crippen LogP contribution in [0.2, 0.25) is 0 Å². The number of ether oxygens (including phenoxy) is 2. The molecule has 1 aromatic carbocycles. The number of carbonyl (C=O) groups excluding carboxylic acids is 1. The fourth-order valence-electron chi connectivity index (χ4n) is 4.86. The molecule has 5 heteroatoms. The van der Waals surface area contributed by atoms with Gasteiger partial charge in [-0.15, -0.1) is 0 Å². The molecule has 0 bridgehead atoms. The second-order valence-electron chi connectivity index (χ2n) is 6.93. The Morgan fingerprint density at radius 3 is 2.96 bits per heavy atom. The summed E-state index contributed by atoms with van der Waals surface area (Å²) in [5.41, 5.74) is 2.80. The van der Waals surface area contributed by atoms with E-state index in [4.69, 9.17) is 9.47 Å². The first-order chi connectivity index (χ1) is 11.6. The van der Waals surface area contributed by atoms with Crippen LogP contribution in [0, 0.1) is 5.41 Å². The van der Waals surface area contributed by atoms with Gasteiger partial charge in [0.25, 0.3) is 0 Å². The van der Waals surface area contributed by atoms with Crippen molar-refractivity contribution in [1.82, 2.24) is 4.90 Å². The molecule has 0 aromatic heterocycles. The number of fused-ring (bicyclic) bond motifs is 5. The molecule has 3 aliphatic rings. The van der Waals surface area contributed by atoms with E-state index in [0.29, 0.717) is 5.75 Å². The lowest BCUT2D eigenvalue weighted by Gasteiger charge is -2.41. The molecule has 0 radical (unpaired) electrons. The van der Waals surface area contributed by atoms with Gasteiger partial charge in [0.15, 0.2) is 11.5 Å². The smallest absolute Gasteiger partial charge is 0.317 e. The molecule has 128 valence electrons. The Bertz CT molecular complexity index is 726. The number of aromatic hydroxyl groups is 1. The molecule has 2 heterocycles. The van der Waals surface area contributed by atoms with Gasteiger partial charge in [-0.3, -0.25) is 9.69 Å². The lowest BCUT2D eigenvalue weighted by Crippen LogP contribution is -2.43. The Hall–Kier alpha value is -2.01. The molecular weight excluding hydrogens is 306 g/mol. The Morgan fingerprint density at radius 2 is 2.21 bits per heavy atom. The second kappa shape index (κ2) is 5.52. The number of rotatable bonds is 2. The van der Waals surface area contributed by atoms with Gasteiger partial charge in [-0.2, -0.15) is 0 Å². The zero-order valence-corrected chi connectivity index (χ0v) is 14.2. The van der Waals surface area contributed by atoms with Crippen LogP contribution < -0.4 is 4.74 Å². The van der Waals surface area contributed by atoms with Crippen LogP contribution in [-0.2, 0) is 16.0 Å². The van der Waals surface area contributed by atoms with E-state index in [2.05, 4.69) is 11.0 Å². The molecule has 0 saturated carbocycles. The van der Waals surface area contributed by atoms with Gasteiger partial charge in [0.05, 0.1) is 20.3 Å². The van der Waals surface area contributed by atoms with E-state index < -0.39 is 5.41 Å². The van der Waals surface area contributed by atoms with Crippen molar-refractivity contribution in [3.63, 3.8) is 0 Å². The first-order valence-corrected chi connectivity index (χ1v) is 8.53. The van der Waals surface area contributed by atoms with Crippen molar-refractivity contribution in [2.24, 2.45) is 5.41 Å². The number of carbonyl (C=O) groups is 1. The van der Waals surface area contributed by atoms with Crippen LogP contribution in [0.5, 0.6) is 11.5 Å². The van der Waals surface area contributed by atoms with Gasteiger partial charge >= 0.3 is 5.97 Å². The van der Waals surface area contributed by atoms with E-state index in [9.17, 15) is 9.90 Å². The molecule has 2 atom stereocenters. The molecule has 0 unspecified atom stereocenters. The normalized spacial score (nSPS) is 28.4. The number of hydrogen-bond donors (Lipinski definition) is 1. The average Bonchev–Trinajstić information content (AvgIpc) is 2.96. The summed E-state index contributed by atoms with van der Waals surface area (Å²) >= 11 is 0. The van der Waals surface area contributed by atoms with Gasteiger partial charge in [0, 0.05) is 13.1 Å². The van der Waals surface area contributed by atoms with Crippen molar-refractivity contribution < 1.29 is 19.4 Å². The Labute approximate surface area is 141 Å². The van der Waals surface area contributed by atoms with Crippen LogP contribution in [0.4, 0.5) is 0 Å². The molecule has 0 spiro atoms. The molecule has 1 aromatic rings. The minimum atomic E-state index is -0.593. The number of methoxy groups -OCH3 is 2.